The van der Waals surface area contributed by atoms with E-state index in [0.717, 1.165) is 24.8 Å². The highest BCUT2D eigenvalue weighted by molar-refractivity contribution is 5.75. The van der Waals surface area contributed by atoms with Crippen molar-refractivity contribution in [1.29, 1.82) is 0 Å². The maximum Gasteiger partial charge on any atom is 0.168 e. The van der Waals surface area contributed by atoms with Gasteiger partial charge < -0.3 is 9.53 Å². The van der Waals surface area contributed by atoms with Crippen molar-refractivity contribution in [3.8, 4) is 5.75 Å². The van der Waals surface area contributed by atoms with Gasteiger partial charge in [0.2, 0.25) is 0 Å². The van der Waals surface area contributed by atoms with Crippen LogP contribution in [0.1, 0.15) is 50.7 Å². The van der Waals surface area contributed by atoms with Gasteiger partial charge in [-0.3, -0.25) is 0 Å². The summed E-state index contributed by atoms with van der Waals surface area (Å²) < 4.78 is 19.6. The Balaban J connectivity index is 2.66. The van der Waals surface area contributed by atoms with Crippen molar-refractivity contribution in [3.63, 3.8) is 0 Å². The average Bonchev–Trinajstić information content (AvgIpc) is 2.36. The van der Waals surface area contributed by atoms with E-state index in [1.54, 1.807) is 13.0 Å². The molecule has 2 nitrogen and oxygen atoms in total. The highest BCUT2D eigenvalue weighted by Crippen LogP contribution is 2.24. The third-order valence-electron chi connectivity index (χ3n) is 2.95. The van der Waals surface area contributed by atoms with Crippen LogP contribution in [0.15, 0.2) is 12.1 Å². The molecule has 0 unspecified atom stereocenters. The van der Waals surface area contributed by atoms with Crippen LogP contribution in [0.2, 0.25) is 0 Å². The molecule has 0 spiro atoms. The van der Waals surface area contributed by atoms with E-state index >= 15 is 0 Å². The minimum Gasteiger partial charge on any atom is -0.491 e. The lowest BCUT2D eigenvalue weighted by Gasteiger charge is -2.11. The lowest BCUT2D eigenvalue weighted by atomic mass is 10.0. The van der Waals surface area contributed by atoms with Crippen molar-refractivity contribution >= 4 is 5.78 Å². The molecule has 0 N–H and O–H groups in total. The van der Waals surface area contributed by atoms with Crippen LogP contribution in [0.5, 0.6) is 5.75 Å². The molecule has 1 aromatic carbocycles. The Morgan fingerprint density at radius 2 is 2.05 bits per heavy atom. The first-order chi connectivity index (χ1) is 9.04. The fourth-order valence-corrected chi connectivity index (χ4v) is 2.00. The van der Waals surface area contributed by atoms with Crippen LogP contribution >= 0.6 is 0 Å². The summed E-state index contributed by atoms with van der Waals surface area (Å²) in [4.78, 5) is 10.9. The quantitative estimate of drug-likeness (QED) is 0.658. The van der Waals surface area contributed by atoms with Crippen molar-refractivity contribution in [2.45, 2.75) is 52.9 Å². The summed E-state index contributed by atoms with van der Waals surface area (Å²) >= 11 is 0. The van der Waals surface area contributed by atoms with Crippen molar-refractivity contribution in [3.05, 3.63) is 29.1 Å². The van der Waals surface area contributed by atoms with Gasteiger partial charge in [-0.2, -0.15) is 0 Å². The van der Waals surface area contributed by atoms with E-state index in [9.17, 15) is 9.18 Å². The Bertz CT molecular complexity index is 427. The molecule has 1 rings (SSSR count). The first-order valence-corrected chi connectivity index (χ1v) is 6.95. The molecular formula is C16H23FO2. The molecule has 0 radical (unpaired) electrons. The zero-order valence-electron chi connectivity index (χ0n) is 12.1. The van der Waals surface area contributed by atoms with E-state index < -0.39 is 0 Å². The van der Waals surface area contributed by atoms with Gasteiger partial charge in [0.25, 0.3) is 0 Å². The van der Waals surface area contributed by atoms with Crippen LogP contribution in [0.3, 0.4) is 0 Å². The monoisotopic (exact) mass is 266 g/mol. The number of Topliss-reactive ketones (excluding diaryl/α,β-unsaturated/α-hetero) is 1. The van der Waals surface area contributed by atoms with Crippen molar-refractivity contribution in [2.75, 3.05) is 6.61 Å². The Kier molecular flexibility index (Phi) is 6.54. The minimum absolute atomic E-state index is 0.191. The van der Waals surface area contributed by atoms with Crippen molar-refractivity contribution < 1.29 is 13.9 Å². The molecule has 0 aliphatic carbocycles. The number of hydrogen-bond acceptors (Lipinski definition) is 2. The molecule has 0 aliphatic rings. The standard InChI is InChI=1S/C16H23FO2/c1-4-9-19-15-11-12(2)10-14(16(15)17)8-6-5-7-13(3)18/h10-11H,4-9H2,1-3H3. The largest absolute Gasteiger partial charge is 0.491 e. The van der Waals surface area contributed by atoms with Gasteiger partial charge in [0.15, 0.2) is 11.6 Å². The van der Waals surface area contributed by atoms with Crippen LogP contribution in [0, 0.1) is 12.7 Å². The topological polar surface area (TPSA) is 26.3 Å². The van der Waals surface area contributed by atoms with Gasteiger partial charge >= 0.3 is 0 Å². The average molecular weight is 266 g/mol. The van der Waals surface area contributed by atoms with Crippen LogP contribution < -0.4 is 4.74 Å². The number of carbonyl (C=O) groups is 1. The number of carbonyl (C=O) groups excluding carboxylic acids is 1. The van der Waals surface area contributed by atoms with Crippen LogP contribution in [-0.4, -0.2) is 12.4 Å². The molecule has 0 fully saturated rings. The van der Waals surface area contributed by atoms with Crippen molar-refractivity contribution in [2.24, 2.45) is 0 Å². The maximum absolute atomic E-state index is 14.2. The predicted octanol–water partition coefficient (Wildman–Crippen LogP) is 4.22. The van der Waals surface area contributed by atoms with Crippen LogP contribution in [-0.2, 0) is 11.2 Å². The van der Waals surface area contributed by atoms with E-state index in [1.807, 2.05) is 19.9 Å². The van der Waals surface area contributed by atoms with Gasteiger partial charge in [0.05, 0.1) is 6.61 Å². The zero-order chi connectivity index (χ0) is 14.3. The summed E-state index contributed by atoms with van der Waals surface area (Å²) in [5.74, 6) is 0.293. The minimum atomic E-state index is -0.248. The molecule has 106 valence electrons. The third kappa shape index (κ3) is 5.41. The van der Waals surface area contributed by atoms with Gasteiger partial charge in [-0.05, 0) is 56.7 Å². The molecule has 0 bridgehead atoms. The second-order valence-corrected chi connectivity index (χ2v) is 4.99. The molecule has 0 aromatic heterocycles. The highest BCUT2D eigenvalue weighted by atomic mass is 19.1. The van der Waals surface area contributed by atoms with Gasteiger partial charge in [-0.25, -0.2) is 4.39 Å². The Morgan fingerprint density at radius 1 is 1.32 bits per heavy atom. The summed E-state index contributed by atoms with van der Waals surface area (Å²) in [5.41, 5.74) is 1.70. The Morgan fingerprint density at radius 3 is 2.68 bits per heavy atom. The maximum atomic E-state index is 14.2. The second-order valence-electron chi connectivity index (χ2n) is 4.99. The zero-order valence-corrected chi connectivity index (χ0v) is 12.1. The summed E-state index contributed by atoms with van der Waals surface area (Å²) in [6, 6.07) is 3.60. The van der Waals surface area contributed by atoms with Crippen molar-refractivity contribution in [1.82, 2.24) is 0 Å². The molecule has 1 aromatic rings. The number of benzene rings is 1. The SMILES string of the molecule is CCCOc1cc(C)cc(CCCCC(C)=O)c1F. The normalized spacial score (nSPS) is 10.5. The van der Waals surface area contributed by atoms with E-state index in [2.05, 4.69) is 0 Å². The van der Waals surface area contributed by atoms with E-state index in [4.69, 9.17) is 4.74 Å². The van der Waals surface area contributed by atoms with Gasteiger partial charge in [0, 0.05) is 6.42 Å². The smallest absolute Gasteiger partial charge is 0.168 e. The lowest BCUT2D eigenvalue weighted by molar-refractivity contribution is -0.117. The molecule has 0 aliphatic heterocycles. The first-order valence-electron chi connectivity index (χ1n) is 6.95. The number of halogens is 1. The fraction of sp³-hybridized carbons (Fsp3) is 0.562. The van der Waals surface area contributed by atoms with Gasteiger partial charge in [-0.1, -0.05) is 13.0 Å². The van der Waals surface area contributed by atoms with E-state index in [1.165, 1.54) is 0 Å². The summed E-state index contributed by atoms with van der Waals surface area (Å²) in [6.45, 7) is 6.06. The molecule has 0 amide bonds. The molecular weight excluding hydrogens is 243 g/mol. The number of ether oxygens (including phenoxy) is 1. The summed E-state index contributed by atoms with van der Waals surface area (Å²) in [5, 5.41) is 0. The fourth-order valence-electron chi connectivity index (χ4n) is 2.00. The van der Waals surface area contributed by atoms with Crippen LogP contribution in [0.25, 0.3) is 0 Å². The number of hydrogen-bond donors (Lipinski definition) is 0. The lowest BCUT2D eigenvalue weighted by Crippen LogP contribution is -2.02. The Labute approximate surface area is 115 Å². The Hall–Kier alpha value is -1.38. The molecule has 0 saturated carbocycles. The number of aryl methyl sites for hydroxylation is 2. The molecule has 19 heavy (non-hydrogen) atoms. The van der Waals surface area contributed by atoms with E-state index in [-0.39, 0.29) is 11.6 Å². The number of ketones is 1. The second kappa shape index (κ2) is 7.93. The van der Waals surface area contributed by atoms with E-state index in [0.29, 0.717) is 30.8 Å². The molecule has 3 heteroatoms. The van der Waals surface area contributed by atoms with Gasteiger partial charge in [-0.15, -0.1) is 0 Å². The number of rotatable bonds is 8. The summed E-state index contributed by atoms with van der Waals surface area (Å²) in [6.07, 6.45) is 3.73. The highest BCUT2D eigenvalue weighted by Gasteiger charge is 2.10. The molecule has 0 atom stereocenters. The summed E-state index contributed by atoms with van der Waals surface area (Å²) in [7, 11) is 0. The van der Waals surface area contributed by atoms with Crippen LogP contribution in [0.4, 0.5) is 4.39 Å². The molecule has 0 saturated heterocycles. The molecule has 0 heterocycles. The number of unbranched alkanes of at least 4 members (excludes halogenated alkanes) is 1. The van der Waals surface area contributed by atoms with Gasteiger partial charge in [0.1, 0.15) is 5.78 Å². The third-order valence-corrected chi connectivity index (χ3v) is 2.95. The predicted molar refractivity (Wildman–Crippen MR) is 75.2 cm³/mol. The first kappa shape index (κ1) is 15.7.